The fourth-order valence-electron chi connectivity index (χ4n) is 2.25. The zero-order chi connectivity index (χ0) is 14.7. The highest BCUT2D eigenvalue weighted by molar-refractivity contribution is 6.31. The highest BCUT2D eigenvalue weighted by atomic mass is 35.5. The van der Waals surface area contributed by atoms with E-state index in [-0.39, 0.29) is 5.91 Å². The molecule has 20 heavy (non-hydrogen) atoms. The predicted octanol–water partition coefficient (Wildman–Crippen LogP) is 2.49. The third-order valence-corrected chi connectivity index (χ3v) is 3.73. The summed E-state index contributed by atoms with van der Waals surface area (Å²) >= 11 is 6.08. The number of hydrogen-bond acceptors (Lipinski definition) is 2. The van der Waals surface area contributed by atoms with E-state index in [1.807, 2.05) is 50.0 Å². The molecule has 1 aromatic carbocycles. The van der Waals surface area contributed by atoms with Gasteiger partial charge in [0.1, 0.15) is 6.54 Å². The van der Waals surface area contributed by atoms with Crippen LogP contribution in [0.2, 0.25) is 5.02 Å². The second-order valence-electron chi connectivity index (χ2n) is 4.88. The fraction of sp³-hybridized carbons (Fsp3) is 0.400. The Hall–Kier alpha value is -1.52. The molecular formula is C15H20ClN3O. The molecule has 0 atom stereocenters. The second kappa shape index (κ2) is 6.29. The molecule has 1 heterocycles. The highest BCUT2D eigenvalue weighted by Gasteiger charge is 2.13. The van der Waals surface area contributed by atoms with Crippen molar-refractivity contribution in [2.24, 2.45) is 0 Å². The lowest BCUT2D eigenvalue weighted by molar-refractivity contribution is -0.130. The quantitative estimate of drug-likeness (QED) is 0.920. The summed E-state index contributed by atoms with van der Waals surface area (Å²) < 4.78 is 1.97. The Morgan fingerprint density at radius 2 is 2.20 bits per heavy atom. The molecular weight excluding hydrogens is 274 g/mol. The maximum atomic E-state index is 12.1. The number of halogens is 1. The Morgan fingerprint density at radius 1 is 1.45 bits per heavy atom. The van der Waals surface area contributed by atoms with Gasteiger partial charge in [-0.3, -0.25) is 4.79 Å². The summed E-state index contributed by atoms with van der Waals surface area (Å²) in [6.45, 7) is 3.78. The third-order valence-electron chi connectivity index (χ3n) is 3.50. The molecule has 0 fully saturated rings. The molecule has 0 unspecified atom stereocenters. The lowest BCUT2D eigenvalue weighted by Gasteiger charge is -2.15. The van der Waals surface area contributed by atoms with Gasteiger partial charge in [0.15, 0.2) is 0 Å². The van der Waals surface area contributed by atoms with Crippen LogP contribution in [-0.4, -0.2) is 36.0 Å². The van der Waals surface area contributed by atoms with Crippen LogP contribution in [0, 0.1) is 0 Å². The smallest absolute Gasteiger partial charge is 0.242 e. The third kappa shape index (κ3) is 2.97. The molecule has 4 nitrogen and oxygen atoms in total. The van der Waals surface area contributed by atoms with Crippen LogP contribution in [0.25, 0.3) is 10.9 Å². The van der Waals surface area contributed by atoms with Crippen molar-refractivity contribution in [3.63, 3.8) is 0 Å². The number of benzene rings is 1. The Morgan fingerprint density at radius 3 is 2.85 bits per heavy atom. The summed E-state index contributed by atoms with van der Waals surface area (Å²) in [4.78, 5) is 13.8. The zero-order valence-electron chi connectivity index (χ0n) is 12.1. The Bertz CT molecular complexity index is 621. The first-order valence-electron chi connectivity index (χ1n) is 6.72. The van der Waals surface area contributed by atoms with E-state index in [0.29, 0.717) is 18.1 Å². The number of rotatable bonds is 5. The Balaban J connectivity index is 2.41. The van der Waals surface area contributed by atoms with Crippen LogP contribution in [0.1, 0.15) is 12.5 Å². The summed E-state index contributed by atoms with van der Waals surface area (Å²) in [5.41, 5.74) is 2.17. The van der Waals surface area contributed by atoms with Crippen molar-refractivity contribution in [2.45, 2.75) is 20.0 Å². The van der Waals surface area contributed by atoms with Crippen molar-refractivity contribution in [1.29, 1.82) is 0 Å². The molecule has 1 N–H and O–H groups in total. The van der Waals surface area contributed by atoms with Crippen LogP contribution in [0.3, 0.4) is 0 Å². The van der Waals surface area contributed by atoms with Crippen LogP contribution in [0.15, 0.2) is 24.4 Å². The zero-order valence-corrected chi connectivity index (χ0v) is 12.9. The van der Waals surface area contributed by atoms with Crippen LogP contribution >= 0.6 is 11.6 Å². The molecule has 108 valence electrons. The van der Waals surface area contributed by atoms with E-state index in [9.17, 15) is 4.79 Å². The van der Waals surface area contributed by atoms with E-state index in [0.717, 1.165) is 17.4 Å². The predicted molar refractivity (Wildman–Crippen MR) is 83.0 cm³/mol. The van der Waals surface area contributed by atoms with Gasteiger partial charge >= 0.3 is 0 Å². The minimum Gasteiger partial charge on any atom is -0.344 e. The summed E-state index contributed by atoms with van der Waals surface area (Å²) in [5.74, 6) is 0.0976. The highest BCUT2D eigenvalue weighted by Crippen LogP contribution is 2.25. The Labute approximate surface area is 124 Å². The van der Waals surface area contributed by atoms with E-state index >= 15 is 0 Å². The monoisotopic (exact) mass is 293 g/mol. The second-order valence-corrected chi connectivity index (χ2v) is 5.32. The number of carbonyl (C=O) groups is 1. The number of amides is 1. The molecule has 0 spiro atoms. The number of fused-ring (bicyclic) bond motifs is 1. The maximum absolute atomic E-state index is 12.1. The number of nitrogens with one attached hydrogen (secondary N) is 1. The van der Waals surface area contributed by atoms with Crippen LogP contribution in [-0.2, 0) is 17.9 Å². The molecule has 0 saturated carbocycles. The van der Waals surface area contributed by atoms with Crippen molar-refractivity contribution in [3.8, 4) is 0 Å². The fourth-order valence-corrected chi connectivity index (χ4v) is 2.41. The summed E-state index contributed by atoms with van der Waals surface area (Å²) in [6.07, 6.45) is 2.03. The summed E-state index contributed by atoms with van der Waals surface area (Å²) in [7, 11) is 3.73. The molecule has 0 aliphatic heterocycles. The summed E-state index contributed by atoms with van der Waals surface area (Å²) in [5, 5.41) is 4.97. The summed E-state index contributed by atoms with van der Waals surface area (Å²) in [6, 6.07) is 5.80. The van der Waals surface area contributed by atoms with E-state index in [1.165, 1.54) is 5.56 Å². The van der Waals surface area contributed by atoms with E-state index in [2.05, 4.69) is 5.32 Å². The van der Waals surface area contributed by atoms with E-state index in [4.69, 9.17) is 11.6 Å². The van der Waals surface area contributed by atoms with Gasteiger partial charge in [-0.05, 0) is 31.7 Å². The average Bonchev–Trinajstić information content (AvgIpc) is 2.76. The van der Waals surface area contributed by atoms with Gasteiger partial charge in [-0.2, -0.15) is 0 Å². The average molecular weight is 294 g/mol. The standard InChI is InChI=1S/C15H20ClN3O/c1-4-18(3)15(20)10-19-9-11(8-17-2)13-6-5-12(16)7-14(13)19/h5-7,9,17H,4,8,10H2,1-3H3. The topological polar surface area (TPSA) is 37.3 Å². The minimum absolute atomic E-state index is 0.0976. The van der Waals surface area contributed by atoms with Crippen LogP contribution in [0.4, 0.5) is 0 Å². The molecule has 1 amide bonds. The molecule has 2 aromatic rings. The van der Waals surface area contributed by atoms with Gasteiger partial charge in [0.05, 0.1) is 5.52 Å². The Kier molecular flexibility index (Phi) is 4.68. The van der Waals surface area contributed by atoms with Crippen molar-refractivity contribution in [1.82, 2.24) is 14.8 Å². The largest absolute Gasteiger partial charge is 0.344 e. The molecule has 0 radical (unpaired) electrons. The van der Waals surface area contributed by atoms with Gasteiger partial charge in [-0.1, -0.05) is 17.7 Å². The molecule has 0 aliphatic carbocycles. The van der Waals surface area contributed by atoms with Gasteiger partial charge in [0, 0.05) is 36.7 Å². The van der Waals surface area contributed by atoms with Gasteiger partial charge < -0.3 is 14.8 Å². The SMILES string of the molecule is CCN(C)C(=O)Cn1cc(CNC)c2ccc(Cl)cc21. The van der Waals surface area contributed by atoms with Gasteiger partial charge in [-0.15, -0.1) is 0 Å². The lowest BCUT2D eigenvalue weighted by atomic mass is 10.2. The number of aromatic nitrogens is 1. The van der Waals surface area contributed by atoms with Gasteiger partial charge in [-0.25, -0.2) is 0 Å². The van der Waals surface area contributed by atoms with E-state index < -0.39 is 0 Å². The molecule has 0 bridgehead atoms. The number of carbonyl (C=O) groups excluding carboxylic acids is 1. The first-order chi connectivity index (χ1) is 9.56. The lowest BCUT2D eigenvalue weighted by Crippen LogP contribution is -2.29. The van der Waals surface area contributed by atoms with Crippen LogP contribution in [0.5, 0.6) is 0 Å². The number of nitrogens with zero attached hydrogens (tertiary/aromatic N) is 2. The van der Waals surface area contributed by atoms with Gasteiger partial charge in [0.2, 0.25) is 5.91 Å². The van der Waals surface area contributed by atoms with E-state index in [1.54, 1.807) is 4.90 Å². The minimum atomic E-state index is 0.0976. The maximum Gasteiger partial charge on any atom is 0.242 e. The number of likely N-dealkylation sites (N-methyl/N-ethyl adjacent to an activating group) is 1. The molecule has 0 saturated heterocycles. The molecule has 2 rings (SSSR count). The van der Waals surface area contributed by atoms with Crippen molar-refractivity contribution >= 4 is 28.4 Å². The molecule has 5 heteroatoms. The van der Waals surface area contributed by atoms with Crippen LogP contribution < -0.4 is 5.32 Å². The first-order valence-corrected chi connectivity index (χ1v) is 7.10. The first kappa shape index (κ1) is 14.9. The number of hydrogen-bond donors (Lipinski definition) is 1. The normalized spacial score (nSPS) is 11.0. The van der Waals surface area contributed by atoms with Gasteiger partial charge in [0.25, 0.3) is 0 Å². The van der Waals surface area contributed by atoms with Crippen molar-refractivity contribution in [3.05, 3.63) is 35.0 Å². The van der Waals surface area contributed by atoms with Crippen molar-refractivity contribution < 1.29 is 4.79 Å². The molecule has 1 aromatic heterocycles. The molecule has 0 aliphatic rings. The van der Waals surface area contributed by atoms with Crippen molar-refractivity contribution in [2.75, 3.05) is 20.6 Å².